The number of hydrogen-bond acceptors (Lipinski definition) is 3. The Morgan fingerprint density at radius 2 is 2.07 bits per heavy atom. The molecule has 3 heteroatoms. The largest absolute Gasteiger partial charge is 0.373 e. The lowest BCUT2D eigenvalue weighted by Gasteiger charge is -2.08. The summed E-state index contributed by atoms with van der Waals surface area (Å²) in [5.41, 5.74) is 1.14. The summed E-state index contributed by atoms with van der Waals surface area (Å²) < 4.78 is 0. The Bertz CT molecular complexity index is 272. The number of rotatable bonds is 4. The molecule has 3 nitrogen and oxygen atoms in total. The molecule has 0 aliphatic carbocycles. The number of nitrogens with one attached hydrogen (secondary N) is 1. The van der Waals surface area contributed by atoms with Gasteiger partial charge in [-0.15, -0.1) is 0 Å². The summed E-state index contributed by atoms with van der Waals surface area (Å²) in [7, 11) is 1.89. The van der Waals surface area contributed by atoms with Gasteiger partial charge in [-0.2, -0.15) is 0 Å². The Kier molecular flexibility index (Phi) is 3.86. The summed E-state index contributed by atoms with van der Waals surface area (Å²) in [4.78, 5) is 8.84. The van der Waals surface area contributed by atoms with Gasteiger partial charge in [0.05, 0.1) is 0 Å². The van der Waals surface area contributed by atoms with Crippen LogP contribution in [0.1, 0.15) is 32.3 Å². The van der Waals surface area contributed by atoms with Crippen molar-refractivity contribution in [2.75, 3.05) is 12.4 Å². The van der Waals surface area contributed by atoms with Gasteiger partial charge in [-0.05, 0) is 12.3 Å². The highest BCUT2D eigenvalue weighted by atomic mass is 15.0. The summed E-state index contributed by atoms with van der Waals surface area (Å²) in [6.07, 6.45) is 1.91. The highest BCUT2D eigenvalue weighted by Gasteiger charge is 2.04. The molecular formula is C11H19N3. The van der Waals surface area contributed by atoms with E-state index in [2.05, 4.69) is 36.1 Å². The van der Waals surface area contributed by atoms with Gasteiger partial charge in [0, 0.05) is 25.2 Å². The Morgan fingerprint density at radius 1 is 1.36 bits per heavy atom. The Labute approximate surface area is 86.0 Å². The molecule has 0 unspecified atom stereocenters. The van der Waals surface area contributed by atoms with Gasteiger partial charge in [-0.25, -0.2) is 9.97 Å². The highest BCUT2D eigenvalue weighted by Crippen LogP contribution is 2.10. The van der Waals surface area contributed by atoms with Crippen molar-refractivity contribution in [3.63, 3.8) is 0 Å². The summed E-state index contributed by atoms with van der Waals surface area (Å²) in [5, 5.41) is 3.06. The summed E-state index contributed by atoms with van der Waals surface area (Å²) in [6.45, 7) is 6.48. The van der Waals surface area contributed by atoms with Crippen molar-refractivity contribution in [1.82, 2.24) is 9.97 Å². The summed E-state index contributed by atoms with van der Waals surface area (Å²) in [5.74, 6) is 2.49. The minimum Gasteiger partial charge on any atom is -0.373 e. The monoisotopic (exact) mass is 193 g/mol. The van der Waals surface area contributed by atoms with Crippen molar-refractivity contribution in [1.29, 1.82) is 0 Å². The number of aromatic nitrogens is 2. The van der Waals surface area contributed by atoms with E-state index in [0.29, 0.717) is 5.92 Å². The molecule has 0 saturated carbocycles. The normalized spacial score (nSPS) is 10.6. The smallest absolute Gasteiger partial charge is 0.130 e. The minimum atomic E-state index is 0.638. The number of anilines is 1. The van der Waals surface area contributed by atoms with Crippen LogP contribution in [0.4, 0.5) is 5.82 Å². The van der Waals surface area contributed by atoms with Gasteiger partial charge in [-0.3, -0.25) is 0 Å². The van der Waals surface area contributed by atoms with E-state index >= 15 is 0 Å². The number of nitrogens with zero attached hydrogens (tertiary/aromatic N) is 2. The standard InChI is InChI=1S/C11H19N3/c1-5-10-13-9(6-8(2)3)7-11(12-4)14-10/h7-8H,5-6H2,1-4H3,(H,12,13,14). The van der Waals surface area contributed by atoms with Crippen LogP contribution in [0.3, 0.4) is 0 Å². The maximum atomic E-state index is 4.49. The van der Waals surface area contributed by atoms with Crippen molar-refractivity contribution < 1.29 is 0 Å². The number of aryl methyl sites for hydroxylation is 1. The fraction of sp³-hybridized carbons (Fsp3) is 0.636. The summed E-state index contributed by atoms with van der Waals surface area (Å²) >= 11 is 0. The second-order valence-electron chi connectivity index (χ2n) is 3.86. The van der Waals surface area contributed by atoms with E-state index < -0.39 is 0 Å². The highest BCUT2D eigenvalue weighted by molar-refractivity contribution is 5.35. The van der Waals surface area contributed by atoms with E-state index in [1.165, 1.54) is 0 Å². The maximum absolute atomic E-state index is 4.49. The molecule has 0 spiro atoms. The fourth-order valence-corrected chi connectivity index (χ4v) is 1.36. The van der Waals surface area contributed by atoms with E-state index in [9.17, 15) is 0 Å². The first-order chi connectivity index (χ1) is 6.65. The van der Waals surface area contributed by atoms with Crippen LogP contribution in [-0.4, -0.2) is 17.0 Å². The molecule has 0 fully saturated rings. The van der Waals surface area contributed by atoms with Crippen LogP contribution in [-0.2, 0) is 12.8 Å². The zero-order chi connectivity index (χ0) is 10.6. The Balaban J connectivity index is 2.92. The van der Waals surface area contributed by atoms with E-state index in [1.54, 1.807) is 0 Å². The first kappa shape index (κ1) is 11.0. The third-order valence-electron chi connectivity index (χ3n) is 2.02. The van der Waals surface area contributed by atoms with Crippen molar-refractivity contribution in [2.45, 2.75) is 33.6 Å². The van der Waals surface area contributed by atoms with Crippen LogP contribution >= 0.6 is 0 Å². The molecule has 1 heterocycles. The molecule has 0 aliphatic heterocycles. The molecule has 78 valence electrons. The zero-order valence-electron chi connectivity index (χ0n) is 9.46. The average molecular weight is 193 g/mol. The molecule has 0 bridgehead atoms. The lowest BCUT2D eigenvalue weighted by atomic mass is 10.1. The lowest BCUT2D eigenvalue weighted by Crippen LogP contribution is -2.05. The van der Waals surface area contributed by atoms with E-state index in [1.807, 2.05) is 13.1 Å². The van der Waals surface area contributed by atoms with E-state index in [-0.39, 0.29) is 0 Å². The van der Waals surface area contributed by atoms with Gasteiger partial charge >= 0.3 is 0 Å². The van der Waals surface area contributed by atoms with Gasteiger partial charge in [0.25, 0.3) is 0 Å². The van der Waals surface area contributed by atoms with Crippen LogP contribution in [0.15, 0.2) is 6.07 Å². The van der Waals surface area contributed by atoms with Crippen LogP contribution in [0, 0.1) is 5.92 Å². The molecule has 0 amide bonds. The third-order valence-corrected chi connectivity index (χ3v) is 2.02. The van der Waals surface area contributed by atoms with E-state index in [4.69, 9.17) is 0 Å². The topological polar surface area (TPSA) is 37.8 Å². The second kappa shape index (κ2) is 4.94. The first-order valence-electron chi connectivity index (χ1n) is 5.20. The maximum Gasteiger partial charge on any atom is 0.130 e. The number of hydrogen-bond donors (Lipinski definition) is 1. The molecule has 1 aromatic rings. The predicted molar refractivity (Wildman–Crippen MR) is 59.5 cm³/mol. The SMILES string of the molecule is CCc1nc(CC(C)C)cc(NC)n1. The zero-order valence-corrected chi connectivity index (χ0v) is 9.46. The fourth-order valence-electron chi connectivity index (χ4n) is 1.36. The molecule has 0 saturated heterocycles. The van der Waals surface area contributed by atoms with Crippen LogP contribution in [0.5, 0.6) is 0 Å². The molecule has 0 radical (unpaired) electrons. The van der Waals surface area contributed by atoms with Crippen molar-refractivity contribution in [2.24, 2.45) is 5.92 Å². The van der Waals surface area contributed by atoms with Crippen molar-refractivity contribution in [3.05, 3.63) is 17.6 Å². The predicted octanol–water partition coefficient (Wildman–Crippen LogP) is 2.28. The van der Waals surface area contributed by atoms with Gasteiger partial charge < -0.3 is 5.32 Å². The minimum absolute atomic E-state index is 0.638. The molecule has 0 aromatic carbocycles. The summed E-state index contributed by atoms with van der Waals surface area (Å²) in [6, 6.07) is 2.03. The molecule has 0 atom stereocenters. The molecular weight excluding hydrogens is 174 g/mol. The van der Waals surface area contributed by atoms with E-state index in [0.717, 1.165) is 30.2 Å². The molecule has 0 aliphatic rings. The van der Waals surface area contributed by atoms with Crippen molar-refractivity contribution >= 4 is 5.82 Å². The second-order valence-corrected chi connectivity index (χ2v) is 3.86. The van der Waals surface area contributed by atoms with Gasteiger partial charge in [0.1, 0.15) is 11.6 Å². The van der Waals surface area contributed by atoms with Gasteiger partial charge in [-0.1, -0.05) is 20.8 Å². The van der Waals surface area contributed by atoms with Gasteiger partial charge in [0.2, 0.25) is 0 Å². The van der Waals surface area contributed by atoms with Crippen LogP contribution in [0.2, 0.25) is 0 Å². The van der Waals surface area contributed by atoms with Gasteiger partial charge in [0.15, 0.2) is 0 Å². The van der Waals surface area contributed by atoms with Crippen molar-refractivity contribution in [3.8, 4) is 0 Å². The molecule has 1 aromatic heterocycles. The van der Waals surface area contributed by atoms with Crippen LogP contribution < -0.4 is 5.32 Å². The lowest BCUT2D eigenvalue weighted by molar-refractivity contribution is 0.631. The third kappa shape index (κ3) is 2.98. The van der Waals surface area contributed by atoms with Crippen LogP contribution in [0.25, 0.3) is 0 Å². The Morgan fingerprint density at radius 3 is 2.57 bits per heavy atom. The molecule has 14 heavy (non-hydrogen) atoms. The molecule has 1 rings (SSSR count). The Hall–Kier alpha value is -1.12. The average Bonchev–Trinajstić information content (AvgIpc) is 2.16. The first-order valence-corrected chi connectivity index (χ1v) is 5.20. The molecule has 1 N–H and O–H groups in total. The quantitative estimate of drug-likeness (QED) is 0.797.